The van der Waals surface area contributed by atoms with E-state index in [0.29, 0.717) is 5.69 Å². The van der Waals surface area contributed by atoms with Gasteiger partial charge in [-0.25, -0.2) is 9.18 Å². The summed E-state index contributed by atoms with van der Waals surface area (Å²) in [5, 5.41) is 11.2. The summed E-state index contributed by atoms with van der Waals surface area (Å²) in [4.78, 5) is 36.5. The SMILES string of the molecule is CC(SCC(=O)Nc1ccc(F)cc1)C(=O)N(C)C(C)(C)C(=O)O. The van der Waals surface area contributed by atoms with Gasteiger partial charge < -0.3 is 15.3 Å². The van der Waals surface area contributed by atoms with Crippen LogP contribution in [0.3, 0.4) is 0 Å². The van der Waals surface area contributed by atoms with Crippen LogP contribution in [-0.2, 0) is 14.4 Å². The van der Waals surface area contributed by atoms with Crippen molar-refractivity contribution in [2.75, 3.05) is 18.1 Å². The molecule has 1 aromatic rings. The van der Waals surface area contributed by atoms with Crippen molar-refractivity contribution >= 4 is 35.2 Å². The largest absolute Gasteiger partial charge is 0.480 e. The number of aliphatic carboxylic acids is 1. The molecule has 2 amide bonds. The highest BCUT2D eigenvalue weighted by Crippen LogP contribution is 2.20. The lowest BCUT2D eigenvalue weighted by Crippen LogP contribution is -2.52. The Kier molecular flexibility index (Phi) is 6.77. The Morgan fingerprint density at radius 3 is 2.33 bits per heavy atom. The quantitative estimate of drug-likeness (QED) is 0.782. The number of thioether (sulfide) groups is 1. The highest BCUT2D eigenvalue weighted by atomic mass is 32.2. The number of benzene rings is 1. The molecule has 1 aromatic carbocycles. The van der Waals surface area contributed by atoms with Gasteiger partial charge in [0.1, 0.15) is 11.4 Å². The zero-order chi connectivity index (χ0) is 18.5. The van der Waals surface area contributed by atoms with Gasteiger partial charge in [0.15, 0.2) is 0 Å². The number of nitrogens with one attached hydrogen (secondary N) is 1. The minimum atomic E-state index is -1.33. The van der Waals surface area contributed by atoms with Gasteiger partial charge in [0.25, 0.3) is 0 Å². The molecule has 0 saturated heterocycles. The van der Waals surface area contributed by atoms with Crippen molar-refractivity contribution < 1.29 is 23.9 Å². The number of hydrogen-bond acceptors (Lipinski definition) is 4. The predicted molar refractivity (Wildman–Crippen MR) is 91.4 cm³/mol. The number of halogens is 1. The number of carboxylic acid groups (broad SMARTS) is 1. The molecule has 0 heterocycles. The minimum absolute atomic E-state index is 0.0195. The van der Waals surface area contributed by atoms with Gasteiger partial charge in [-0.3, -0.25) is 9.59 Å². The Bertz CT molecular complexity index is 619. The van der Waals surface area contributed by atoms with Crippen LogP contribution in [0.15, 0.2) is 24.3 Å². The molecule has 1 unspecified atom stereocenters. The van der Waals surface area contributed by atoms with Crippen LogP contribution >= 0.6 is 11.8 Å². The van der Waals surface area contributed by atoms with Crippen molar-refractivity contribution in [3.8, 4) is 0 Å². The van der Waals surface area contributed by atoms with Gasteiger partial charge in [-0.1, -0.05) is 0 Å². The first-order valence-electron chi connectivity index (χ1n) is 7.23. The minimum Gasteiger partial charge on any atom is -0.480 e. The van der Waals surface area contributed by atoms with E-state index in [2.05, 4.69) is 5.32 Å². The van der Waals surface area contributed by atoms with E-state index >= 15 is 0 Å². The van der Waals surface area contributed by atoms with Gasteiger partial charge in [-0.2, -0.15) is 0 Å². The number of carbonyl (C=O) groups excluding carboxylic acids is 2. The standard InChI is InChI=1S/C16H21FN2O4S/c1-10(14(21)19(4)16(2,3)15(22)23)24-9-13(20)18-12-7-5-11(17)6-8-12/h5-8,10H,9H2,1-4H3,(H,18,20)(H,22,23). The molecule has 0 aliphatic heterocycles. The second-order valence-electron chi connectivity index (χ2n) is 5.77. The Balaban J connectivity index is 2.54. The first kappa shape index (κ1) is 20.0. The second kappa shape index (κ2) is 8.14. The van der Waals surface area contributed by atoms with Crippen molar-refractivity contribution in [3.63, 3.8) is 0 Å². The first-order chi connectivity index (χ1) is 11.1. The molecule has 0 fully saturated rings. The third kappa shape index (κ3) is 5.23. The van der Waals surface area contributed by atoms with Crippen molar-refractivity contribution in [2.24, 2.45) is 0 Å². The van der Waals surface area contributed by atoms with E-state index in [9.17, 15) is 18.8 Å². The van der Waals surface area contributed by atoms with E-state index in [-0.39, 0.29) is 17.6 Å². The van der Waals surface area contributed by atoms with Crippen LogP contribution < -0.4 is 5.32 Å². The normalized spacial score (nSPS) is 12.4. The number of hydrogen-bond donors (Lipinski definition) is 2. The molecule has 24 heavy (non-hydrogen) atoms. The molecule has 0 aliphatic carbocycles. The van der Waals surface area contributed by atoms with E-state index in [1.165, 1.54) is 45.2 Å². The molecule has 132 valence electrons. The molecule has 6 nitrogen and oxygen atoms in total. The summed E-state index contributed by atoms with van der Waals surface area (Å²) < 4.78 is 12.8. The summed E-state index contributed by atoms with van der Waals surface area (Å²) in [6, 6.07) is 5.35. The lowest BCUT2D eigenvalue weighted by Gasteiger charge is -2.33. The third-order valence-electron chi connectivity index (χ3n) is 3.63. The van der Waals surface area contributed by atoms with E-state index in [1.54, 1.807) is 6.92 Å². The number of nitrogens with zero attached hydrogens (tertiary/aromatic N) is 1. The fourth-order valence-electron chi connectivity index (χ4n) is 1.69. The Hall–Kier alpha value is -2.09. The zero-order valence-electron chi connectivity index (χ0n) is 14.0. The van der Waals surface area contributed by atoms with Crippen LogP contribution in [0.1, 0.15) is 20.8 Å². The summed E-state index contributed by atoms with van der Waals surface area (Å²) in [6.45, 7) is 4.49. The number of anilines is 1. The molecular formula is C16H21FN2O4S. The summed E-state index contributed by atoms with van der Waals surface area (Å²) in [6.07, 6.45) is 0. The van der Waals surface area contributed by atoms with Crippen molar-refractivity contribution in [1.82, 2.24) is 4.90 Å². The van der Waals surface area contributed by atoms with Crippen molar-refractivity contribution in [2.45, 2.75) is 31.6 Å². The van der Waals surface area contributed by atoms with Crippen LogP contribution in [0.5, 0.6) is 0 Å². The zero-order valence-corrected chi connectivity index (χ0v) is 14.8. The molecular weight excluding hydrogens is 335 g/mol. The molecule has 0 radical (unpaired) electrons. The van der Waals surface area contributed by atoms with E-state index < -0.39 is 22.6 Å². The highest BCUT2D eigenvalue weighted by Gasteiger charge is 2.36. The van der Waals surface area contributed by atoms with Gasteiger partial charge in [-0.15, -0.1) is 11.8 Å². The van der Waals surface area contributed by atoms with Gasteiger partial charge in [0, 0.05) is 12.7 Å². The lowest BCUT2D eigenvalue weighted by molar-refractivity contribution is -0.155. The third-order valence-corrected chi connectivity index (χ3v) is 4.76. The number of carbonyl (C=O) groups is 3. The first-order valence-corrected chi connectivity index (χ1v) is 8.28. The van der Waals surface area contributed by atoms with Crippen molar-refractivity contribution in [1.29, 1.82) is 0 Å². The highest BCUT2D eigenvalue weighted by molar-refractivity contribution is 8.01. The van der Waals surface area contributed by atoms with E-state index in [4.69, 9.17) is 5.11 Å². The smallest absolute Gasteiger partial charge is 0.329 e. The summed E-state index contributed by atoms with van der Waals surface area (Å²) in [7, 11) is 1.42. The fourth-order valence-corrected chi connectivity index (χ4v) is 2.47. The monoisotopic (exact) mass is 356 g/mol. The van der Waals surface area contributed by atoms with Gasteiger partial charge in [-0.05, 0) is 45.0 Å². The Labute approximate surface area is 144 Å². The molecule has 0 aromatic heterocycles. The molecule has 0 spiro atoms. The molecule has 0 saturated carbocycles. The average molecular weight is 356 g/mol. The topological polar surface area (TPSA) is 86.7 Å². The Morgan fingerprint density at radius 2 is 1.83 bits per heavy atom. The molecule has 8 heteroatoms. The summed E-state index contributed by atoms with van der Waals surface area (Å²) >= 11 is 1.10. The molecule has 2 N–H and O–H groups in total. The molecule has 1 atom stereocenters. The predicted octanol–water partition coefficient (Wildman–Crippen LogP) is 2.21. The average Bonchev–Trinajstić information content (AvgIpc) is 2.53. The lowest BCUT2D eigenvalue weighted by atomic mass is 10.0. The van der Waals surface area contributed by atoms with Gasteiger partial charge >= 0.3 is 5.97 Å². The molecule has 0 aliphatic rings. The maximum Gasteiger partial charge on any atom is 0.329 e. The van der Waals surface area contributed by atoms with Crippen LogP contribution in [0.25, 0.3) is 0 Å². The van der Waals surface area contributed by atoms with Crippen LogP contribution in [-0.4, -0.2) is 51.4 Å². The maximum absolute atomic E-state index is 12.8. The van der Waals surface area contributed by atoms with Gasteiger partial charge in [0.05, 0.1) is 11.0 Å². The van der Waals surface area contributed by atoms with E-state index in [1.807, 2.05) is 0 Å². The van der Waals surface area contributed by atoms with Gasteiger partial charge in [0.2, 0.25) is 11.8 Å². The fraction of sp³-hybridized carbons (Fsp3) is 0.438. The maximum atomic E-state index is 12.8. The second-order valence-corrected chi connectivity index (χ2v) is 7.10. The van der Waals surface area contributed by atoms with Crippen LogP contribution in [0, 0.1) is 5.82 Å². The number of likely N-dealkylation sites (N-methyl/N-ethyl adjacent to an activating group) is 1. The van der Waals surface area contributed by atoms with E-state index in [0.717, 1.165) is 16.7 Å². The number of carboxylic acids is 1. The number of rotatable bonds is 7. The van der Waals surface area contributed by atoms with Crippen LogP contribution in [0.4, 0.5) is 10.1 Å². The molecule has 1 rings (SSSR count). The molecule has 0 bridgehead atoms. The summed E-state index contributed by atoms with van der Waals surface area (Å²) in [5.41, 5.74) is -0.868. The van der Waals surface area contributed by atoms with Crippen molar-refractivity contribution in [3.05, 3.63) is 30.1 Å². The Morgan fingerprint density at radius 1 is 1.29 bits per heavy atom. The summed E-state index contributed by atoms with van der Waals surface area (Å²) in [5.74, 6) is -2.19. The number of amides is 2. The van der Waals surface area contributed by atoms with Crippen LogP contribution in [0.2, 0.25) is 0 Å².